The monoisotopic (exact) mass is 313 g/mol. The van der Waals surface area contributed by atoms with Crippen LogP contribution in [0.3, 0.4) is 0 Å². The molecule has 0 aliphatic heterocycles. The van der Waals surface area contributed by atoms with E-state index in [1.807, 2.05) is 18.4 Å². The molecule has 17 heavy (non-hydrogen) atoms. The van der Waals surface area contributed by atoms with E-state index in [1.165, 1.54) is 17.0 Å². The van der Waals surface area contributed by atoms with Crippen LogP contribution in [0.2, 0.25) is 0 Å². The topological polar surface area (TPSA) is 12.0 Å². The first-order chi connectivity index (χ1) is 8.04. The van der Waals surface area contributed by atoms with Gasteiger partial charge in [0.15, 0.2) is 0 Å². The fourth-order valence-corrected chi connectivity index (χ4v) is 3.15. The predicted molar refractivity (Wildman–Crippen MR) is 75.2 cm³/mol. The fourth-order valence-electron chi connectivity index (χ4n) is 1.70. The summed E-state index contributed by atoms with van der Waals surface area (Å²) in [4.78, 5) is 1.22. The molecule has 1 atom stereocenters. The molecule has 4 heteroatoms. The van der Waals surface area contributed by atoms with Crippen LogP contribution < -0.4 is 5.32 Å². The van der Waals surface area contributed by atoms with E-state index in [4.69, 9.17) is 0 Å². The minimum Gasteiger partial charge on any atom is -0.378 e. The van der Waals surface area contributed by atoms with E-state index in [0.717, 1.165) is 15.7 Å². The van der Waals surface area contributed by atoms with Crippen LogP contribution >= 0.6 is 27.3 Å². The number of halogens is 2. The Kier molecular flexibility index (Phi) is 3.84. The molecule has 0 amide bonds. The Morgan fingerprint density at radius 3 is 2.65 bits per heavy atom. The third-order valence-corrected chi connectivity index (χ3v) is 4.32. The molecule has 1 N–H and O–H groups in total. The number of benzene rings is 1. The maximum absolute atomic E-state index is 13.2. The van der Waals surface area contributed by atoms with E-state index in [0.29, 0.717) is 0 Å². The highest BCUT2D eigenvalue weighted by molar-refractivity contribution is 9.10. The first kappa shape index (κ1) is 12.6. The van der Waals surface area contributed by atoms with Crippen molar-refractivity contribution >= 4 is 33.0 Å². The largest absolute Gasteiger partial charge is 0.378 e. The van der Waals surface area contributed by atoms with Gasteiger partial charge in [-0.3, -0.25) is 0 Å². The lowest BCUT2D eigenvalue weighted by molar-refractivity contribution is 0.626. The highest BCUT2D eigenvalue weighted by atomic mass is 79.9. The Morgan fingerprint density at radius 2 is 2.06 bits per heavy atom. The van der Waals surface area contributed by atoms with Gasteiger partial charge in [-0.05, 0) is 59.6 Å². The minimum absolute atomic E-state index is 0.174. The number of hydrogen-bond donors (Lipinski definition) is 1. The van der Waals surface area contributed by atoms with Gasteiger partial charge in [0.05, 0.1) is 6.04 Å². The van der Waals surface area contributed by atoms with Crippen molar-refractivity contribution in [2.24, 2.45) is 0 Å². The van der Waals surface area contributed by atoms with Gasteiger partial charge in [0, 0.05) is 20.4 Å². The molecular formula is C13H13BrFNS. The maximum atomic E-state index is 13.2. The summed E-state index contributed by atoms with van der Waals surface area (Å²) in [5.41, 5.74) is 1.74. The first-order valence-corrected chi connectivity index (χ1v) is 6.99. The SMILES string of the molecule is Cc1cc(F)cc(NC(C)c2cc(Br)cs2)c1. The van der Waals surface area contributed by atoms with Crippen molar-refractivity contribution < 1.29 is 4.39 Å². The molecule has 1 nitrogen and oxygen atoms in total. The van der Waals surface area contributed by atoms with Gasteiger partial charge in [0.25, 0.3) is 0 Å². The highest BCUT2D eigenvalue weighted by Gasteiger charge is 2.08. The van der Waals surface area contributed by atoms with E-state index < -0.39 is 0 Å². The zero-order valence-electron chi connectivity index (χ0n) is 9.63. The third kappa shape index (κ3) is 3.30. The Bertz CT molecular complexity index is 504. The van der Waals surface area contributed by atoms with Gasteiger partial charge in [-0.25, -0.2) is 4.39 Å². The zero-order valence-corrected chi connectivity index (χ0v) is 12.0. The van der Waals surface area contributed by atoms with E-state index >= 15 is 0 Å². The van der Waals surface area contributed by atoms with Crippen LogP contribution in [0.5, 0.6) is 0 Å². The quantitative estimate of drug-likeness (QED) is 0.828. The number of hydrogen-bond acceptors (Lipinski definition) is 2. The molecule has 0 fully saturated rings. The number of nitrogens with one attached hydrogen (secondary N) is 1. The number of rotatable bonds is 3. The molecule has 2 aromatic rings. The minimum atomic E-state index is -0.202. The van der Waals surface area contributed by atoms with Crippen molar-refractivity contribution in [3.05, 3.63) is 50.4 Å². The summed E-state index contributed by atoms with van der Waals surface area (Å²) in [5, 5.41) is 5.35. The average Bonchev–Trinajstić information content (AvgIpc) is 2.63. The molecule has 1 heterocycles. The molecule has 90 valence electrons. The molecule has 1 aromatic heterocycles. The number of anilines is 1. The summed E-state index contributed by atoms with van der Waals surface area (Å²) in [6.45, 7) is 3.96. The molecule has 0 aliphatic carbocycles. The second kappa shape index (κ2) is 5.19. The third-order valence-electron chi connectivity index (χ3n) is 2.44. The lowest BCUT2D eigenvalue weighted by Crippen LogP contribution is -2.05. The molecule has 0 radical (unpaired) electrons. The van der Waals surface area contributed by atoms with Crippen molar-refractivity contribution in [3.63, 3.8) is 0 Å². The van der Waals surface area contributed by atoms with Gasteiger partial charge < -0.3 is 5.32 Å². The van der Waals surface area contributed by atoms with Gasteiger partial charge in [0.1, 0.15) is 5.82 Å². The van der Waals surface area contributed by atoms with Crippen molar-refractivity contribution in [1.29, 1.82) is 0 Å². The van der Waals surface area contributed by atoms with Crippen LogP contribution in [0.4, 0.5) is 10.1 Å². The smallest absolute Gasteiger partial charge is 0.125 e. The van der Waals surface area contributed by atoms with Crippen molar-refractivity contribution in [3.8, 4) is 0 Å². The van der Waals surface area contributed by atoms with Crippen LogP contribution in [0, 0.1) is 12.7 Å². The van der Waals surface area contributed by atoms with E-state index in [9.17, 15) is 4.39 Å². The molecule has 2 rings (SSSR count). The molecule has 1 aromatic carbocycles. The van der Waals surface area contributed by atoms with Gasteiger partial charge in [0.2, 0.25) is 0 Å². The molecule has 1 unspecified atom stereocenters. The Labute approximate surface area is 113 Å². The Balaban J connectivity index is 2.15. The second-order valence-electron chi connectivity index (χ2n) is 4.05. The summed E-state index contributed by atoms with van der Waals surface area (Å²) >= 11 is 5.11. The van der Waals surface area contributed by atoms with E-state index in [2.05, 4.69) is 34.2 Å². The lowest BCUT2D eigenvalue weighted by atomic mass is 10.2. The van der Waals surface area contributed by atoms with Gasteiger partial charge in [-0.15, -0.1) is 11.3 Å². The summed E-state index contributed by atoms with van der Waals surface area (Å²) in [6, 6.07) is 7.24. The lowest BCUT2D eigenvalue weighted by Gasteiger charge is -2.14. The molecule has 0 bridgehead atoms. The van der Waals surface area contributed by atoms with Crippen molar-refractivity contribution in [2.75, 3.05) is 5.32 Å². The molecular weight excluding hydrogens is 301 g/mol. The standard InChI is InChI=1S/C13H13BrFNS/c1-8-3-11(15)6-12(4-8)16-9(2)13-5-10(14)7-17-13/h3-7,9,16H,1-2H3. The predicted octanol–water partition coefficient (Wildman–Crippen LogP) is 5.13. The number of thiophene rings is 1. The zero-order chi connectivity index (χ0) is 12.4. The van der Waals surface area contributed by atoms with Gasteiger partial charge in [-0.2, -0.15) is 0 Å². The fraction of sp³-hybridized carbons (Fsp3) is 0.231. The second-order valence-corrected chi connectivity index (χ2v) is 5.91. The van der Waals surface area contributed by atoms with Crippen LogP contribution in [-0.4, -0.2) is 0 Å². The summed E-state index contributed by atoms with van der Waals surface area (Å²) in [6.07, 6.45) is 0. The maximum Gasteiger partial charge on any atom is 0.125 e. The Morgan fingerprint density at radius 1 is 1.29 bits per heavy atom. The molecule has 0 spiro atoms. The summed E-state index contributed by atoms with van der Waals surface area (Å²) in [5.74, 6) is -0.202. The normalized spacial score (nSPS) is 12.5. The van der Waals surface area contributed by atoms with Gasteiger partial charge in [-0.1, -0.05) is 0 Å². The average molecular weight is 314 g/mol. The van der Waals surface area contributed by atoms with Gasteiger partial charge >= 0.3 is 0 Å². The first-order valence-electron chi connectivity index (χ1n) is 5.32. The molecule has 0 aliphatic rings. The van der Waals surface area contributed by atoms with E-state index in [-0.39, 0.29) is 11.9 Å². The highest BCUT2D eigenvalue weighted by Crippen LogP contribution is 2.28. The molecule has 0 saturated heterocycles. The van der Waals surface area contributed by atoms with Crippen LogP contribution in [-0.2, 0) is 0 Å². The van der Waals surface area contributed by atoms with Crippen LogP contribution in [0.1, 0.15) is 23.4 Å². The Hall–Kier alpha value is -0.870. The van der Waals surface area contributed by atoms with Crippen molar-refractivity contribution in [2.45, 2.75) is 19.9 Å². The van der Waals surface area contributed by atoms with Crippen LogP contribution in [0.15, 0.2) is 34.1 Å². The number of aryl methyl sites for hydroxylation is 1. The summed E-state index contributed by atoms with van der Waals surface area (Å²) < 4.78 is 14.3. The van der Waals surface area contributed by atoms with Crippen molar-refractivity contribution in [1.82, 2.24) is 0 Å². The summed E-state index contributed by atoms with van der Waals surface area (Å²) in [7, 11) is 0. The van der Waals surface area contributed by atoms with E-state index in [1.54, 1.807) is 11.3 Å². The molecule has 0 saturated carbocycles. The van der Waals surface area contributed by atoms with Crippen LogP contribution in [0.25, 0.3) is 0 Å².